The van der Waals surface area contributed by atoms with Gasteiger partial charge in [0.05, 0.1) is 29.0 Å². The second kappa shape index (κ2) is 8.95. The highest BCUT2D eigenvalue weighted by Gasteiger charge is 2.17. The highest BCUT2D eigenvalue weighted by molar-refractivity contribution is 7.07. The second-order valence-corrected chi connectivity index (χ2v) is 8.42. The SMILES string of the molecule is Cc1c(N=c2scc(-c3ccccc3F)n2N=Cc2ccc[nH]2)c(=O)n(-c2ccccc2)n1C. The molecule has 9 heteroatoms. The molecule has 0 spiro atoms. The van der Waals surface area contributed by atoms with E-state index in [1.807, 2.05) is 56.4 Å². The summed E-state index contributed by atoms with van der Waals surface area (Å²) in [4.78, 5) is 21.6. The van der Waals surface area contributed by atoms with E-state index in [0.29, 0.717) is 27.4 Å². The molecule has 0 amide bonds. The van der Waals surface area contributed by atoms with Gasteiger partial charge in [0.25, 0.3) is 5.56 Å². The molecule has 0 saturated carbocycles. The normalized spacial score (nSPS) is 12.1. The number of hydrogen-bond acceptors (Lipinski definition) is 4. The lowest BCUT2D eigenvalue weighted by Crippen LogP contribution is -2.20. The number of halogens is 1. The topological polar surface area (TPSA) is 72.4 Å². The summed E-state index contributed by atoms with van der Waals surface area (Å²) in [5.74, 6) is -0.363. The van der Waals surface area contributed by atoms with Crippen LogP contribution < -0.4 is 10.4 Å². The van der Waals surface area contributed by atoms with E-state index < -0.39 is 0 Å². The number of nitrogens with one attached hydrogen (secondary N) is 1. The zero-order valence-electron chi connectivity index (χ0n) is 18.5. The number of rotatable bonds is 5. The fraction of sp³-hybridized carbons (Fsp3) is 0.0800. The molecule has 5 rings (SSSR count). The molecule has 0 saturated heterocycles. The summed E-state index contributed by atoms with van der Waals surface area (Å²) in [6.45, 7) is 1.84. The lowest BCUT2D eigenvalue weighted by atomic mass is 10.1. The van der Waals surface area contributed by atoms with Crippen LogP contribution in [0.15, 0.2) is 93.2 Å². The first-order chi connectivity index (χ1) is 16.5. The number of thiazole rings is 1. The minimum atomic E-state index is -0.363. The molecule has 2 aromatic carbocycles. The molecule has 0 aliphatic heterocycles. The minimum absolute atomic E-state index is 0.244. The van der Waals surface area contributed by atoms with Gasteiger partial charge in [-0.2, -0.15) is 5.10 Å². The van der Waals surface area contributed by atoms with E-state index in [9.17, 15) is 9.18 Å². The number of H-pyrrole nitrogens is 1. The quantitative estimate of drug-likeness (QED) is 0.373. The number of para-hydroxylation sites is 1. The van der Waals surface area contributed by atoms with Crippen LogP contribution in [0.4, 0.5) is 10.1 Å². The Hall–Kier alpha value is -4.24. The summed E-state index contributed by atoms with van der Waals surface area (Å²) in [5, 5.41) is 6.35. The van der Waals surface area contributed by atoms with Crippen LogP contribution in [0.3, 0.4) is 0 Å². The van der Waals surface area contributed by atoms with Crippen molar-refractivity contribution in [3.05, 3.63) is 111 Å². The minimum Gasteiger partial charge on any atom is -0.360 e. The zero-order chi connectivity index (χ0) is 23.7. The van der Waals surface area contributed by atoms with E-state index in [1.165, 1.54) is 17.4 Å². The van der Waals surface area contributed by atoms with Crippen molar-refractivity contribution in [1.82, 2.24) is 19.0 Å². The number of nitrogens with zero attached hydrogens (tertiary/aromatic N) is 5. The Balaban J connectivity index is 1.72. The largest absolute Gasteiger partial charge is 0.360 e. The molecule has 0 fully saturated rings. The zero-order valence-corrected chi connectivity index (χ0v) is 19.3. The predicted octanol–water partition coefficient (Wildman–Crippen LogP) is 4.60. The Labute approximate surface area is 198 Å². The fourth-order valence-electron chi connectivity index (χ4n) is 3.67. The van der Waals surface area contributed by atoms with Crippen molar-refractivity contribution in [3.8, 4) is 16.9 Å². The van der Waals surface area contributed by atoms with Crippen LogP contribution in [-0.2, 0) is 7.05 Å². The smallest absolute Gasteiger partial charge is 0.297 e. The molecule has 7 nitrogen and oxygen atoms in total. The second-order valence-electron chi connectivity index (χ2n) is 7.59. The van der Waals surface area contributed by atoms with Crippen molar-refractivity contribution in [1.29, 1.82) is 0 Å². The predicted molar refractivity (Wildman–Crippen MR) is 132 cm³/mol. The van der Waals surface area contributed by atoms with E-state index in [1.54, 1.807) is 50.0 Å². The first-order valence-electron chi connectivity index (χ1n) is 10.6. The van der Waals surface area contributed by atoms with Gasteiger partial charge in [-0.05, 0) is 43.3 Å². The number of benzene rings is 2. The molecule has 34 heavy (non-hydrogen) atoms. The average molecular weight is 473 g/mol. The molecule has 0 aliphatic carbocycles. The fourth-order valence-corrected chi connectivity index (χ4v) is 4.50. The van der Waals surface area contributed by atoms with Crippen molar-refractivity contribution >= 4 is 23.2 Å². The van der Waals surface area contributed by atoms with Crippen LogP contribution in [0.1, 0.15) is 11.4 Å². The molecule has 5 aromatic rings. The first kappa shape index (κ1) is 21.6. The van der Waals surface area contributed by atoms with E-state index in [0.717, 1.165) is 11.4 Å². The van der Waals surface area contributed by atoms with Crippen molar-refractivity contribution in [2.75, 3.05) is 0 Å². The Kier molecular flexibility index (Phi) is 5.69. The maximum absolute atomic E-state index is 14.6. The molecule has 0 radical (unpaired) electrons. The summed E-state index contributed by atoms with van der Waals surface area (Å²) in [5.41, 5.74) is 3.23. The van der Waals surface area contributed by atoms with Crippen LogP contribution >= 0.6 is 11.3 Å². The summed E-state index contributed by atoms with van der Waals surface area (Å²) in [6.07, 6.45) is 3.43. The molecular weight excluding hydrogens is 451 g/mol. The Morgan fingerprint density at radius 3 is 2.53 bits per heavy atom. The molecule has 0 unspecified atom stereocenters. The maximum atomic E-state index is 14.6. The number of aromatic amines is 1. The highest BCUT2D eigenvalue weighted by Crippen LogP contribution is 2.24. The summed E-state index contributed by atoms with van der Waals surface area (Å²) < 4.78 is 19.5. The molecule has 3 aromatic heterocycles. The lowest BCUT2D eigenvalue weighted by Gasteiger charge is -2.07. The lowest BCUT2D eigenvalue weighted by molar-refractivity contribution is 0.629. The molecule has 0 bridgehead atoms. The number of aromatic nitrogens is 4. The van der Waals surface area contributed by atoms with Gasteiger partial charge in [-0.15, -0.1) is 11.3 Å². The third-order valence-corrected chi connectivity index (χ3v) is 6.32. The van der Waals surface area contributed by atoms with Crippen molar-refractivity contribution < 1.29 is 4.39 Å². The van der Waals surface area contributed by atoms with E-state index in [4.69, 9.17) is 4.99 Å². The maximum Gasteiger partial charge on any atom is 0.297 e. The third kappa shape index (κ3) is 3.86. The van der Waals surface area contributed by atoms with Gasteiger partial charge >= 0.3 is 0 Å². The van der Waals surface area contributed by atoms with Crippen LogP contribution in [0.2, 0.25) is 0 Å². The summed E-state index contributed by atoms with van der Waals surface area (Å²) in [6, 6.07) is 19.6. The Bertz CT molecular complexity index is 1600. The van der Waals surface area contributed by atoms with Crippen molar-refractivity contribution in [2.24, 2.45) is 17.1 Å². The standard InChI is InChI=1S/C25H21FN6OS/c1-17-23(24(33)32(30(17)2)19-10-4-3-5-11-19)29-25-31(28-15-18-9-8-14-27-18)22(16-34-25)20-12-6-7-13-21(20)26/h3-16,27H,1-2H3. The summed E-state index contributed by atoms with van der Waals surface area (Å²) in [7, 11) is 1.82. The van der Waals surface area contributed by atoms with E-state index in [-0.39, 0.29) is 11.4 Å². The van der Waals surface area contributed by atoms with Crippen LogP contribution in [0.5, 0.6) is 0 Å². The molecule has 3 heterocycles. The Morgan fingerprint density at radius 1 is 1.03 bits per heavy atom. The van der Waals surface area contributed by atoms with Crippen LogP contribution in [0.25, 0.3) is 16.9 Å². The van der Waals surface area contributed by atoms with Gasteiger partial charge in [0.2, 0.25) is 4.80 Å². The van der Waals surface area contributed by atoms with Gasteiger partial charge in [-0.1, -0.05) is 30.3 Å². The summed E-state index contributed by atoms with van der Waals surface area (Å²) >= 11 is 1.29. The first-order valence-corrected chi connectivity index (χ1v) is 11.4. The molecular formula is C25H21FN6OS. The molecule has 1 N–H and O–H groups in total. The van der Waals surface area contributed by atoms with Crippen LogP contribution in [0, 0.1) is 12.7 Å². The van der Waals surface area contributed by atoms with Gasteiger partial charge < -0.3 is 4.98 Å². The third-order valence-electron chi connectivity index (χ3n) is 5.50. The van der Waals surface area contributed by atoms with E-state index in [2.05, 4.69) is 10.1 Å². The van der Waals surface area contributed by atoms with Crippen LogP contribution in [-0.4, -0.2) is 25.2 Å². The van der Waals surface area contributed by atoms with Gasteiger partial charge in [0.15, 0.2) is 5.69 Å². The monoisotopic (exact) mass is 472 g/mol. The number of hydrogen-bond donors (Lipinski definition) is 1. The van der Waals surface area contributed by atoms with Gasteiger partial charge in [-0.25, -0.2) is 18.7 Å². The van der Waals surface area contributed by atoms with Gasteiger partial charge in [0, 0.05) is 24.2 Å². The van der Waals surface area contributed by atoms with Gasteiger partial charge in [0.1, 0.15) is 5.82 Å². The van der Waals surface area contributed by atoms with Gasteiger partial charge in [-0.3, -0.25) is 9.48 Å². The highest BCUT2D eigenvalue weighted by atomic mass is 32.1. The van der Waals surface area contributed by atoms with Crippen molar-refractivity contribution in [2.45, 2.75) is 6.92 Å². The Morgan fingerprint density at radius 2 is 1.79 bits per heavy atom. The average Bonchev–Trinajstić information content (AvgIpc) is 3.55. The van der Waals surface area contributed by atoms with E-state index >= 15 is 0 Å². The molecule has 170 valence electrons. The van der Waals surface area contributed by atoms with Crippen molar-refractivity contribution in [3.63, 3.8) is 0 Å². The molecule has 0 atom stereocenters. The molecule has 0 aliphatic rings.